The molecule has 5 rings (SSSR count). The number of benzene rings is 1. The summed E-state index contributed by atoms with van der Waals surface area (Å²) in [5.74, 6) is 1.61. The lowest BCUT2D eigenvalue weighted by molar-refractivity contribution is -0.128. The number of carbonyl (C=O) groups excluding carboxylic acids is 2. The van der Waals surface area contributed by atoms with E-state index in [1.807, 2.05) is 29.3 Å². The second-order valence-electron chi connectivity index (χ2n) is 7.51. The predicted octanol–water partition coefficient (Wildman–Crippen LogP) is 0.896. The van der Waals surface area contributed by atoms with E-state index in [-0.39, 0.29) is 24.8 Å². The Morgan fingerprint density at radius 1 is 1.24 bits per heavy atom. The van der Waals surface area contributed by atoms with Crippen LogP contribution in [-0.2, 0) is 17.9 Å². The number of hydrogen-bond donors (Lipinski definition) is 1. The number of nitrogens with one attached hydrogen (secondary N) is 1. The molecule has 4 heterocycles. The third-order valence-corrected chi connectivity index (χ3v) is 5.49. The number of rotatable bonds is 5. The van der Waals surface area contributed by atoms with Gasteiger partial charge in [-0.3, -0.25) is 4.79 Å². The minimum Gasteiger partial charge on any atom is -0.454 e. The zero-order valence-electron chi connectivity index (χ0n) is 15.9. The molecule has 3 aliphatic rings. The zero-order valence-corrected chi connectivity index (χ0v) is 15.9. The summed E-state index contributed by atoms with van der Waals surface area (Å²) in [7, 11) is 0. The first kappa shape index (κ1) is 17.8. The monoisotopic (exact) mass is 398 g/mol. The van der Waals surface area contributed by atoms with Gasteiger partial charge in [0, 0.05) is 32.6 Å². The first-order valence-corrected chi connectivity index (χ1v) is 9.75. The van der Waals surface area contributed by atoms with Gasteiger partial charge >= 0.3 is 6.03 Å². The van der Waals surface area contributed by atoms with Crippen LogP contribution in [0.2, 0.25) is 0 Å². The van der Waals surface area contributed by atoms with E-state index in [0.29, 0.717) is 38.3 Å². The number of hydrogen-bond acceptors (Lipinski definition) is 6. The SMILES string of the molecule is O=C1CCCN1Cc1cn(C2CN(C(=O)NCc3ccc4c(c3)OCO4)C2)nn1. The first-order valence-electron chi connectivity index (χ1n) is 9.75. The van der Waals surface area contributed by atoms with Crippen LogP contribution in [-0.4, -0.2) is 63.2 Å². The van der Waals surface area contributed by atoms with Gasteiger partial charge in [-0.1, -0.05) is 11.3 Å². The molecule has 0 saturated carbocycles. The van der Waals surface area contributed by atoms with Crippen molar-refractivity contribution in [3.63, 3.8) is 0 Å². The molecule has 0 spiro atoms. The van der Waals surface area contributed by atoms with E-state index >= 15 is 0 Å². The Labute approximate surface area is 167 Å². The third kappa shape index (κ3) is 3.57. The Morgan fingerprint density at radius 3 is 2.93 bits per heavy atom. The fourth-order valence-electron chi connectivity index (χ4n) is 3.76. The van der Waals surface area contributed by atoms with E-state index in [0.717, 1.165) is 30.0 Å². The first-order chi connectivity index (χ1) is 14.2. The van der Waals surface area contributed by atoms with Gasteiger partial charge in [-0.2, -0.15) is 0 Å². The Hall–Kier alpha value is -3.30. The molecule has 0 bridgehead atoms. The van der Waals surface area contributed by atoms with Crippen LogP contribution in [0.25, 0.3) is 0 Å². The van der Waals surface area contributed by atoms with Crippen molar-refractivity contribution in [2.24, 2.45) is 0 Å². The van der Waals surface area contributed by atoms with Gasteiger partial charge in [0.25, 0.3) is 0 Å². The van der Waals surface area contributed by atoms with Crippen molar-refractivity contribution in [3.05, 3.63) is 35.7 Å². The number of urea groups is 1. The van der Waals surface area contributed by atoms with Crippen LogP contribution in [0.3, 0.4) is 0 Å². The van der Waals surface area contributed by atoms with Gasteiger partial charge in [-0.25, -0.2) is 9.48 Å². The van der Waals surface area contributed by atoms with E-state index in [9.17, 15) is 9.59 Å². The highest BCUT2D eigenvalue weighted by Gasteiger charge is 2.33. The molecular weight excluding hydrogens is 376 g/mol. The van der Waals surface area contributed by atoms with Crippen molar-refractivity contribution in [1.29, 1.82) is 0 Å². The standard InChI is InChI=1S/C19H22N6O4/c26-18-2-1-5-23(18)8-14-9-25(22-21-14)15-10-24(11-15)19(27)20-7-13-3-4-16-17(6-13)29-12-28-16/h3-4,6,9,15H,1-2,5,7-8,10-12H2,(H,20,27). The normalized spacial score (nSPS) is 18.3. The maximum atomic E-state index is 12.4. The van der Waals surface area contributed by atoms with Crippen molar-refractivity contribution in [2.75, 3.05) is 26.4 Å². The van der Waals surface area contributed by atoms with Crippen molar-refractivity contribution < 1.29 is 19.1 Å². The Kier molecular flexibility index (Phi) is 4.45. The van der Waals surface area contributed by atoms with Gasteiger partial charge in [0.2, 0.25) is 12.7 Å². The van der Waals surface area contributed by atoms with E-state index in [2.05, 4.69) is 15.6 Å². The van der Waals surface area contributed by atoms with Gasteiger partial charge < -0.3 is 24.6 Å². The molecule has 1 N–H and O–H groups in total. The average molecular weight is 398 g/mol. The number of ether oxygens (including phenoxy) is 2. The molecule has 2 saturated heterocycles. The molecule has 0 unspecified atom stereocenters. The van der Waals surface area contributed by atoms with E-state index < -0.39 is 0 Å². The molecular formula is C19H22N6O4. The summed E-state index contributed by atoms with van der Waals surface area (Å²) in [5.41, 5.74) is 1.74. The number of amides is 3. The lowest BCUT2D eigenvalue weighted by Crippen LogP contribution is -2.54. The maximum absolute atomic E-state index is 12.4. The van der Waals surface area contributed by atoms with Crippen LogP contribution in [0.4, 0.5) is 4.79 Å². The molecule has 152 valence electrons. The molecule has 10 heteroatoms. The molecule has 0 aliphatic carbocycles. The highest BCUT2D eigenvalue weighted by Crippen LogP contribution is 2.32. The highest BCUT2D eigenvalue weighted by molar-refractivity contribution is 5.78. The molecule has 29 heavy (non-hydrogen) atoms. The minimum absolute atomic E-state index is 0.109. The van der Waals surface area contributed by atoms with Crippen LogP contribution in [0.15, 0.2) is 24.4 Å². The van der Waals surface area contributed by atoms with Crippen molar-refractivity contribution in [1.82, 2.24) is 30.1 Å². The van der Waals surface area contributed by atoms with Crippen LogP contribution in [0.1, 0.15) is 30.1 Å². The molecule has 0 radical (unpaired) electrons. The summed E-state index contributed by atoms with van der Waals surface area (Å²) < 4.78 is 12.4. The topological polar surface area (TPSA) is 102 Å². The minimum atomic E-state index is -0.109. The van der Waals surface area contributed by atoms with Gasteiger partial charge in [-0.05, 0) is 24.1 Å². The maximum Gasteiger partial charge on any atom is 0.317 e. The van der Waals surface area contributed by atoms with E-state index in [1.54, 1.807) is 9.58 Å². The molecule has 10 nitrogen and oxygen atoms in total. The number of likely N-dealkylation sites (tertiary alicyclic amines) is 2. The molecule has 1 aromatic heterocycles. The summed E-state index contributed by atoms with van der Waals surface area (Å²) in [6.45, 7) is 3.11. The second kappa shape index (κ2) is 7.26. The summed E-state index contributed by atoms with van der Waals surface area (Å²) in [5, 5.41) is 11.3. The second-order valence-corrected chi connectivity index (χ2v) is 7.51. The largest absolute Gasteiger partial charge is 0.454 e. The fraction of sp³-hybridized carbons (Fsp3) is 0.474. The fourth-order valence-corrected chi connectivity index (χ4v) is 3.76. The summed E-state index contributed by atoms with van der Waals surface area (Å²) >= 11 is 0. The average Bonchev–Trinajstić information content (AvgIpc) is 3.41. The van der Waals surface area contributed by atoms with E-state index in [1.165, 1.54) is 0 Å². The Balaban J connectivity index is 1.09. The van der Waals surface area contributed by atoms with Crippen LogP contribution >= 0.6 is 0 Å². The predicted molar refractivity (Wildman–Crippen MR) is 100 cm³/mol. The van der Waals surface area contributed by atoms with Crippen LogP contribution in [0.5, 0.6) is 11.5 Å². The summed E-state index contributed by atoms with van der Waals surface area (Å²) in [4.78, 5) is 27.6. The third-order valence-electron chi connectivity index (χ3n) is 5.49. The van der Waals surface area contributed by atoms with Gasteiger partial charge in [0.05, 0.1) is 18.8 Å². The smallest absolute Gasteiger partial charge is 0.317 e. The van der Waals surface area contributed by atoms with Crippen LogP contribution in [0, 0.1) is 0 Å². The van der Waals surface area contributed by atoms with Gasteiger partial charge in [0.1, 0.15) is 5.69 Å². The summed E-state index contributed by atoms with van der Waals surface area (Å²) in [6.07, 6.45) is 3.40. The molecule has 0 atom stereocenters. The summed E-state index contributed by atoms with van der Waals surface area (Å²) in [6, 6.07) is 5.64. The lowest BCUT2D eigenvalue weighted by Gasteiger charge is -2.38. The quantitative estimate of drug-likeness (QED) is 0.803. The molecule has 3 amide bonds. The van der Waals surface area contributed by atoms with Crippen molar-refractivity contribution in [2.45, 2.75) is 32.0 Å². The number of carbonyl (C=O) groups is 2. The Bertz CT molecular complexity index is 939. The van der Waals surface area contributed by atoms with Crippen molar-refractivity contribution in [3.8, 4) is 11.5 Å². The molecule has 1 aromatic carbocycles. The molecule has 2 aromatic rings. The van der Waals surface area contributed by atoms with Crippen molar-refractivity contribution >= 4 is 11.9 Å². The molecule has 3 aliphatic heterocycles. The van der Waals surface area contributed by atoms with Gasteiger partial charge in [0.15, 0.2) is 11.5 Å². The number of fused-ring (bicyclic) bond motifs is 1. The molecule has 2 fully saturated rings. The lowest BCUT2D eigenvalue weighted by atomic mass is 10.1. The van der Waals surface area contributed by atoms with Crippen LogP contribution < -0.4 is 14.8 Å². The number of aromatic nitrogens is 3. The zero-order chi connectivity index (χ0) is 19.8. The Morgan fingerprint density at radius 2 is 2.10 bits per heavy atom. The highest BCUT2D eigenvalue weighted by atomic mass is 16.7. The van der Waals surface area contributed by atoms with E-state index in [4.69, 9.17) is 9.47 Å². The number of nitrogens with zero attached hydrogens (tertiary/aromatic N) is 5. The van der Waals surface area contributed by atoms with Gasteiger partial charge in [-0.15, -0.1) is 5.10 Å².